The van der Waals surface area contributed by atoms with Gasteiger partial charge in [-0.3, -0.25) is 0 Å². The predicted octanol–water partition coefficient (Wildman–Crippen LogP) is 11.6. The molecule has 0 aliphatic carbocycles. The van der Waals surface area contributed by atoms with Crippen LogP contribution in [0, 0.1) is 0 Å². The Hall–Kier alpha value is -6.03. The number of nitrogens with two attached hydrogens (primary N) is 1. The molecule has 8 aromatic rings. The second-order valence-electron chi connectivity index (χ2n) is 13.4. The van der Waals surface area contributed by atoms with Crippen LogP contribution in [0.3, 0.4) is 0 Å². The summed E-state index contributed by atoms with van der Waals surface area (Å²) >= 11 is 1.86. The van der Waals surface area contributed by atoms with Crippen molar-refractivity contribution in [2.24, 2.45) is 5.73 Å². The highest BCUT2D eigenvalue weighted by Crippen LogP contribution is 2.60. The quantitative estimate of drug-likeness (QED) is 0.185. The van der Waals surface area contributed by atoms with E-state index in [0.717, 1.165) is 28.8 Å². The fourth-order valence-corrected chi connectivity index (χ4v) is 9.66. The number of hydrogen-bond acceptors (Lipinski definition) is 2. The highest BCUT2D eigenvalue weighted by Gasteiger charge is 2.49. The van der Waals surface area contributed by atoms with E-state index < -0.39 is 5.41 Å². The minimum absolute atomic E-state index is 0.542. The Morgan fingerprint density at radius 2 is 1.24 bits per heavy atom. The fraction of sp³-hybridized carbons (Fsp3) is 0.0417. The van der Waals surface area contributed by atoms with Crippen LogP contribution in [-0.2, 0) is 11.8 Å². The summed E-state index contributed by atoms with van der Waals surface area (Å²) in [6.45, 7) is 0. The maximum Gasteiger partial charge on any atom is 0.0764 e. The third-order valence-corrected chi connectivity index (χ3v) is 11.8. The minimum Gasteiger partial charge on any atom is -0.398 e. The van der Waals surface area contributed by atoms with Gasteiger partial charge in [-0.25, -0.2) is 0 Å². The Balaban J connectivity index is 1.23. The second-order valence-corrected chi connectivity index (χ2v) is 14.5. The zero-order chi connectivity index (χ0) is 33.9. The monoisotopic (exact) mass is 670 g/mol. The van der Waals surface area contributed by atoms with Gasteiger partial charge in [0.25, 0.3) is 0 Å². The van der Waals surface area contributed by atoms with Gasteiger partial charge >= 0.3 is 0 Å². The maximum atomic E-state index is 7.16. The molecule has 3 heterocycles. The number of benzene rings is 7. The summed E-state index contributed by atoms with van der Waals surface area (Å²) < 4.78 is 2.49. The molecule has 1 aromatic heterocycles. The number of nitrogens with zero attached hydrogens (tertiary/aromatic N) is 1. The molecule has 51 heavy (non-hydrogen) atoms. The van der Waals surface area contributed by atoms with Crippen LogP contribution in [0.4, 0.5) is 0 Å². The standard InChI is InChI=1S/C48H34N2S/c49-42(31-34(33-16-5-2-6-17-33)27-26-32-14-3-1-4-15-32)35-28-29-46-41(30-35)48(39-21-9-12-25-45(39)51-46)38-20-8-11-24-44(38)50-43-23-10-7-18-36(43)37-19-13-22-40(48)47(37)50/h1-25,27-31H,26,49H2/b34-27+,42-31-. The van der Waals surface area contributed by atoms with Crippen LogP contribution in [0.5, 0.6) is 0 Å². The normalized spacial score (nSPS) is 16.2. The number of hydrogen-bond donors (Lipinski definition) is 1. The van der Waals surface area contributed by atoms with Crippen molar-refractivity contribution < 1.29 is 0 Å². The van der Waals surface area contributed by atoms with E-state index in [0.29, 0.717) is 0 Å². The largest absolute Gasteiger partial charge is 0.398 e. The zero-order valence-electron chi connectivity index (χ0n) is 28.0. The van der Waals surface area contributed by atoms with E-state index in [1.165, 1.54) is 65.1 Å². The molecule has 7 aromatic carbocycles. The zero-order valence-corrected chi connectivity index (χ0v) is 28.8. The van der Waals surface area contributed by atoms with E-state index in [1.54, 1.807) is 0 Å². The van der Waals surface area contributed by atoms with Crippen LogP contribution >= 0.6 is 11.8 Å². The summed E-state index contributed by atoms with van der Waals surface area (Å²) in [7, 11) is 0. The molecular formula is C48H34N2S. The van der Waals surface area contributed by atoms with Crippen molar-refractivity contribution in [3.63, 3.8) is 0 Å². The van der Waals surface area contributed by atoms with Crippen LogP contribution in [0.15, 0.2) is 192 Å². The second kappa shape index (κ2) is 11.8. The Morgan fingerprint density at radius 3 is 2.10 bits per heavy atom. The van der Waals surface area contributed by atoms with Gasteiger partial charge in [-0.2, -0.15) is 0 Å². The highest BCUT2D eigenvalue weighted by molar-refractivity contribution is 7.99. The Bertz CT molecular complexity index is 2700. The van der Waals surface area contributed by atoms with Crippen molar-refractivity contribution in [1.29, 1.82) is 0 Å². The number of fused-ring (bicyclic) bond motifs is 11. The smallest absolute Gasteiger partial charge is 0.0764 e. The van der Waals surface area contributed by atoms with Crippen LogP contribution in [0.1, 0.15) is 38.9 Å². The summed E-state index contributed by atoms with van der Waals surface area (Å²) in [6, 6.07) is 61.7. The van der Waals surface area contributed by atoms with Crippen LogP contribution in [0.25, 0.3) is 38.8 Å². The molecule has 0 bridgehead atoms. The van der Waals surface area contributed by atoms with E-state index >= 15 is 0 Å². The van der Waals surface area contributed by atoms with E-state index in [2.05, 4.69) is 187 Å². The molecule has 0 radical (unpaired) electrons. The summed E-state index contributed by atoms with van der Waals surface area (Å²) in [5.41, 5.74) is 20.8. The van der Waals surface area contributed by atoms with Gasteiger partial charge in [-0.1, -0.05) is 157 Å². The van der Waals surface area contributed by atoms with Crippen molar-refractivity contribution in [3.8, 4) is 5.69 Å². The van der Waals surface area contributed by atoms with Gasteiger partial charge in [0.2, 0.25) is 0 Å². The molecule has 2 aliphatic rings. The predicted molar refractivity (Wildman–Crippen MR) is 214 cm³/mol. The molecular weight excluding hydrogens is 637 g/mol. The van der Waals surface area contributed by atoms with E-state index in [9.17, 15) is 0 Å². The lowest BCUT2D eigenvalue weighted by molar-refractivity contribution is 0.689. The number of allylic oxidation sites excluding steroid dienone is 3. The van der Waals surface area contributed by atoms with Gasteiger partial charge < -0.3 is 10.3 Å². The lowest BCUT2D eigenvalue weighted by atomic mass is 9.62. The fourth-order valence-electron chi connectivity index (χ4n) is 8.49. The molecule has 2 nitrogen and oxygen atoms in total. The van der Waals surface area contributed by atoms with Gasteiger partial charge in [-0.15, -0.1) is 0 Å². The highest BCUT2D eigenvalue weighted by atomic mass is 32.2. The van der Waals surface area contributed by atoms with Gasteiger partial charge in [0.05, 0.1) is 22.1 Å². The van der Waals surface area contributed by atoms with E-state index in [4.69, 9.17) is 5.73 Å². The first-order valence-corrected chi connectivity index (χ1v) is 18.3. The molecule has 0 saturated carbocycles. The first kappa shape index (κ1) is 29.8. The molecule has 2 aliphatic heterocycles. The Morgan fingerprint density at radius 1 is 0.569 bits per heavy atom. The van der Waals surface area contributed by atoms with Crippen LogP contribution in [0.2, 0.25) is 0 Å². The van der Waals surface area contributed by atoms with Gasteiger partial charge in [-0.05, 0) is 87.3 Å². The lowest BCUT2D eigenvalue weighted by Gasteiger charge is -2.45. The van der Waals surface area contributed by atoms with E-state index in [1.807, 2.05) is 11.8 Å². The molecule has 10 rings (SSSR count). The summed E-state index contributed by atoms with van der Waals surface area (Å²) in [5.74, 6) is 0. The van der Waals surface area contributed by atoms with Crippen molar-refractivity contribution in [2.75, 3.05) is 0 Å². The summed E-state index contributed by atoms with van der Waals surface area (Å²) in [5, 5.41) is 2.55. The maximum absolute atomic E-state index is 7.16. The lowest BCUT2D eigenvalue weighted by Crippen LogP contribution is -2.37. The SMILES string of the molecule is N/C(=C\C(=C/Cc1ccccc1)c1ccccc1)c1ccc2c(c1)C1(c3ccccc3S2)c2ccccc2-n2c3ccccc3c3cccc1c32. The molecule has 1 atom stereocenters. The molecule has 0 saturated heterocycles. The van der Waals surface area contributed by atoms with Gasteiger partial charge in [0, 0.05) is 26.3 Å². The third kappa shape index (κ3) is 4.52. The van der Waals surface area contributed by atoms with Crippen LogP contribution in [-0.4, -0.2) is 4.57 Å². The molecule has 242 valence electrons. The third-order valence-electron chi connectivity index (χ3n) is 10.7. The van der Waals surface area contributed by atoms with Crippen molar-refractivity contribution in [2.45, 2.75) is 21.6 Å². The molecule has 1 unspecified atom stereocenters. The van der Waals surface area contributed by atoms with Crippen molar-refractivity contribution >= 4 is 44.8 Å². The van der Waals surface area contributed by atoms with Crippen molar-refractivity contribution in [3.05, 3.63) is 221 Å². The number of aromatic nitrogens is 1. The van der Waals surface area contributed by atoms with E-state index in [-0.39, 0.29) is 0 Å². The topological polar surface area (TPSA) is 30.9 Å². The Kier molecular flexibility index (Phi) is 6.90. The number of para-hydroxylation sites is 3. The first-order valence-electron chi connectivity index (χ1n) is 17.5. The Labute approximate surface area is 302 Å². The molecule has 2 N–H and O–H groups in total. The first-order chi connectivity index (χ1) is 25.2. The van der Waals surface area contributed by atoms with Crippen LogP contribution < -0.4 is 5.73 Å². The van der Waals surface area contributed by atoms with Gasteiger partial charge in [0.1, 0.15) is 0 Å². The molecule has 0 amide bonds. The average Bonchev–Trinajstić information content (AvgIpc) is 3.54. The average molecular weight is 671 g/mol. The number of rotatable bonds is 5. The molecule has 3 heteroatoms. The molecule has 0 fully saturated rings. The summed E-state index contributed by atoms with van der Waals surface area (Å²) in [4.78, 5) is 2.54. The minimum atomic E-state index is -0.542. The summed E-state index contributed by atoms with van der Waals surface area (Å²) in [6.07, 6.45) is 5.27. The molecule has 1 spiro atoms. The van der Waals surface area contributed by atoms with Gasteiger partial charge in [0.15, 0.2) is 0 Å². The van der Waals surface area contributed by atoms with Crippen molar-refractivity contribution in [1.82, 2.24) is 4.57 Å².